The normalized spacial score (nSPS) is 11.3. The molecule has 2 rings (SSSR count). The zero-order valence-electron chi connectivity index (χ0n) is 10.8. The Labute approximate surface area is 116 Å². The molecule has 0 fully saturated rings. The Hall–Kier alpha value is -1.99. The third-order valence-corrected chi connectivity index (χ3v) is 4.27. The summed E-state index contributed by atoms with van der Waals surface area (Å²) in [5.41, 5.74) is 6.26. The number of hydrogen-bond donors (Lipinski definition) is 2. The maximum Gasteiger partial charge on any atom is 0.262 e. The first-order chi connectivity index (χ1) is 9.45. The van der Waals surface area contributed by atoms with Crippen LogP contribution in [0.5, 0.6) is 0 Å². The Balaban J connectivity index is 2.47. The van der Waals surface area contributed by atoms with Crippen molar-refractivity contribution >= 4 is 15.7 Å². The van der Waals surface area contributed by atoms with Gasteiger partial charge in [0, 0.05) is 18.3 Å². The standard InChI is InChI=1S/C13H14FN3O2S/c1-9-12(5-3-7-16-9)17-20(18,19)13-6-2-4-11(14)10(13)8-15/h2-7,17H,8,15H2,1H3. The molecule has 0 bridgehead atoms. The van der Waals surface area contributed by atoms with E-state index in [1.54, 1.807) is 25.3 Å². The molecule has 0 saturated heterocycles. The second kappa shape index (κ2) is 5.56. The molecule has 1 aromatic heterocycles. The second-order valence-corrected chi connectivity index (χ2v) is 5.81. The predicted molar refractivity (Wildman–Crippen MR) is 74.1 cm³/mol. The molecular formula is C13H14FN3O2S. The summed E-state index contributed by atoms with van der Waals surface area (Å²) >= 11 is 0. The van der Waals surface area contributed by atoms with Gasteiger partial charge in [-0.2, -0.15) is 0 Å². The number of aromatic nitrogens is 1. The minimum atomic E-state index is -3.91. The van der Waals surface area contributed by atoms with Gasteiger partial charge in [0.15, 0.2) is 0 Å². The summed E-state index contributed by atoms with van der Waals surface area (Å²) in [7, 11) is -3.91. The van der Waals surface area contributed by atoms with E-state index in [1.807, 2.05) is 0 Å². The fourth-order valence-corrected chi connectivity index (χ4v) is 3.16. The molecule has 20 heavy (non-hydrogen) atoms. The zero-order chi connectivity index (χ0) is 14.8. The number of nitrogens with zero attached hydrogens (tertiary/aromatic N) is 1. The van der Waals surface area contributed by atoms with Gasteiger partial charge in [-0.15, -0.1) is 0 Å². The predicted octanol–water partition coefficient (Wildman–Crippen LogP) is 1.79. The van der Waals surface area contributed by atoms with Crippen molar-refractivity contribution in [2.75, 3.05) is 4.72 Å². The van der Waals surface area contributed by atoms with Gasteiger partial charge in [-0.25, -0.2) is 12.8 Å². The highest BCUT2D eigenvalue weighted by Crippen LogP contribution is 2.22. The van der Waals surface area contributed by atoms with Gasteiger partial charge in [-0.05, 0) is 31.2 Å². The lowest BCUT2D eigenvalue weighted by Gasteiger charge is -2.13. The van der Waals surface area contributed by atoms with Crippen LogP contribution in [0.3, 0.4) is 0 Å². The second-order valence-electron chi connectivity index (χ2n) is 4.16. The van der Waals surface area contributed by atoms with Crippen LogP contribution in [-0.2, 0) is 16.6 Å². The van der Waals surface area contributed by atoms with Crippen molar-refractivity contribution in [3.05, 3.63) is 53.6 Å². The molecule has 0 saturated carbocycles. The Kier molecular flexibility index (Phi) is 4.01. The average molecular weight is 295 g/mol. The molecule has 0 radical (unpaired) electrons. The summed E-state index contributed by atoms with van der Waals surface area (Å²) in [6.45, 7) is 1.47. The molecule has 0 amide bonds. The number of anilines is 1. The quantitative estimate of drug-likeness (QED) is 0.900. The maximum atomic E-state index is 13.6. The first-order valence-corrected chi connectivity index (χ1v) is 7.36. The topological polar surface area (TPSA) is 85.1 Å². The van der Waals surface area contributed by atoms with Crippen molar-refractivity contribution in [2.45, 2.75) is 18.4 Å². The van der Waals surface area contributed by atoms with Crippen LogP contribution in [0.25, 0.3) is 0 Å². The van der Waals surface area contributed by atoms with Crippen LogP contribution in [0.4, 0.5) is 10.1 Å². The molecule has 0 spiro atoms. The molecule has 3 N–H and O–H groups in total. The largest absolute Gasteiger partial charge is 0.326 e. The number of benzene rings is 1. The van der Waals surface area contributed by atoms with Crippen LogP contribution in [0.1, 0.15) is 11.3 Å². The van der Waals surface area contributed by atoms with Gasteiger partial charge in [0.1, 0.15) is 5.82 Å². The van der Waals surface area contributed by atoms with E-state index in [4.69, 9.17) is 5.73 Å². The lowest BCUT2D eigenvalue weighted by atomic mass is 10.2. The highest BCUT2D eigenvalue weighted by Gasteiger charge is 2.21. The van der Waals surface area contributed by atoms with E-state index >= 15 is 0 Å². The van der Waals surface area contributed by atoms with Crippen molar-refractivity contribution in [1.82, 2.24) is 4.98 Å². The lowest BCUT2D eigenvalue weighted by molar-refractivity contribution is 0.585. The fraction of sp³-hybridized carbons (Fsp3) is 0.154. The number of rotatable bonds is 4. The summed E-state index contributed by atoms with van der Waals surface area (Å²) < 4.78 is 40.7. The first-order valence-electron chi connectivity index (χ1n) is 5.87. The van der Waals surface area contributed by atoms with E-state index < -0.39 is 15.8 Å². The van der Waals surface area contributed by atoms with Crippen LogP contribution >= 0.6 is 0 Å². The maximum absolute atomic E-state index is 13.6. The van der Waals surface area contributed by atoms with Crippen LogP contribution < -0.4 is 10.5 Å². The highest BCUT2D eigenvalue weighted by atomic mass is 32.2. The third kappa shape index (κ3) is 2.78. The SMILES string of the molecule is Cc1ncccc1NS(=O)(=O)c1cccc(F)c1CN. The molecule has 0 unspecified atom stereocenters. The zero-order valence-corrected chi connectivity index (χ0v) is 11.6. The minimum Gasteiger partial charge on any atom is -0.326 e. The van der Waals surface area contributed by atoms with Crippen LogP contribution in [0.2, 0.25) is 0 Å². The fourth-order valence-electron chi connectivity index (χ4n) is 1.78. The third-order valence-electron chi connectivity index (χ3n) is 2.82. The molecule has 0 aliphatic carbocycles. The summed E-state index contributed by atoms with van der Waals surface area (Å²) in [6, 6.07) is 7.02. The van der Waals surface area contributed by atoms with Crippen molar-refractivity contribution in [3.8, 4) is 0 Å². The molecule has 0 atom stereocenters. The van der Waals surface area contributed by atoms with Crippen LogP contribution in [-0.4, -0.2) is 13.4 Å². The molecule has 5 nitrogen and oxygen atoms in total. The molecular weight excluding hydrogens is 281 g/mol. The number of hydrogen-bond acceptors (Lipinski definition) is 4. The van der Waals surface area contributed by atoms with Crippen LogP contribution in [0.15, 0.2) is 41.4 Å². The van der Waals surface area contributed by atoms with Crippen LogP contribution in [0, 0.1) is 12.7 Å². The number of aryl methyl sites for hydroxylation is 1. The highest BCUT2D eigenvalue weighted by molar-refractivity contribution is 7.92. The lowest BCUT2D eigenvalue weighted by Crippen LogP contribution is -2.18. The van der Waals surface area contributed by atoms with Crippen molar-refractivity contribution < 1.29 is 12.8 Å². The Morgan fingerprint density at radius 2 is 2.05 bits per heavy atom. The van der Waals surface area contributed by atoms with E-state index in [2.05, 4.69) is 9.71 Å². The minimum absolute atomic E-state index is 0.0402. The summed E-state index contributed by atoms with van der Waals surface area (Å²) in [5.74, 6) is -0.640. The van der Waals surface area contributed by atoms with E-state index in [-0.39, 0.29) is 17.0 Å². The molecule has 7 heteroatoms. The smallest absolute Gasteiger partial charge is 0.262 e. The first kappa shape index (κ1) is 14.4. The van der Waals surface area contributed by atoms with E-state index in [0.717, 1.165) is 0 Å². The molecule has 1 heterocycles. The number of pyridine rings is 1. The Bertz CT molecular complexity index is 732. The average Bonchev–Trinajstić information content (AvgIpc) is 2.41. The van der Waals surface area contributed by atoms with Gasteiger partial charge in [-0.3, -0.25) is 9.71 Å². The van der Waals surface area contributed by atoms with Gasteiger partial charge in [-0.1, -0.05) is 6.07 Å². The molecule has 0 aliphatic heterocycles. The van der Waals surface area contributed by atoms with Crippen molar-refractivity contribution in [1.29, 1.82) is 0 Å². The van der Waals surface area contributed by atoms with E-state index in [1.165, 1.54) is 18.2 Å². The monoisotopic (exact) mass is 295 g/mol. The van der Waals surface area contributed by atoms with E-state index in [9.17, 15) is 12.8 Å². The molecule has 2 aromatic rings. The van der Waals surface area contributed by atoms with E-state index in [0.29, 0.717) is 11.4 Å². The summed E-state index contributed by atoms with van der Waals surface area (Å²) in [6.07, 6.45) is 1.56. The van der Waals surface area contributed by atoms with Gasteiger partial charge >= 0.3 is 0 Å². The number of nitrogens with two attached hydrogens (primary N) is 1. The van der Waals surface area contributed by atoms with Gasteiger partial charge < -0.3 is 5.73 Å². The number of nitrogens with one attached hydrogen (secondary N) is 1. The molecule has 1 aromatic carbocycles. The number of halogens is 1. The summed E-state index contributed by atoms with van der Waals surface area (Å²) in [4.78, 5) is 3.83. The number of sulfonamides is 1. The van der Waals surface area contributed by atoms with Crippen molar-refractivity contribution in [3.63, 3.8) is 0 Å². The summed E-state index contributed by atoms with van der Waals surface area (Å²) in [5, 5.41) is 0. The van der Waals surface area contributed by atoms with Gasteiger partial charge in [0.25, 0.3) is 10.0 Å². The Morgan fingerprint density at radius 3 is 2.70 bits per heavy atom. The molecule has 0 aliphatic rings. The Morgan fingerprint density at radius 1 is 1.30 bits per heavy atom. The van der Waals surface area contributed by atoms with Crippen molar-refractivity contribution in [2.24, 2.45) is 5.73 Å². The van der Waals surface area contributed by atoms with Gasteiger partial charge in [0.05, 0.1) is 16.3 Å². The molecule has 106 valence electrons. The van der Waals surface area contributed by atoms with Gasteiger partial charge in [0.2, 0.25) is 0 Å².